The van der Waals surface area contributed by atoms with Crippen molar-refractivity contribution in [3.05, 3.63) is 11.6 Å². The fourth-order valence-electron chi connectivity index (χ4n) is 0.680. The van der Waals surface area contributed by atoms with Gasteiger partial charge in [0, 0.05) is 17.9 Å². The molecule has 0 saturated carbocycles. The van der Waals surface area contributed by atoms with Gasteiger partial charge in [-0.3, -0.25) is 4.79 Å². The van der Waals surface area contributed by atoms with Gasteiger partial charge in [0.15, 0.2) is 0 Å². The van der Waals surface area contributed by atoms with Gasteiger partial charge in [0.2, 0.25) is 0 Å². The van der Waals surface area contributed by atoms with E-state index in [0.29, 0.717) is 6.42 Å². The first kappa shape index (κ1) is 10.9. The predicted octanol–water partition coefficient (Wildman–Crippen LogP) is 2.46. The van der Waals surface area contributed by atoms with Crippen molar-refractivity contribution in [1.82, 2.24) is 0 Å². The predicted molar refractivity (Wildman–Crippen MR) is 48.4 cm³/mol. The van der Waals surface area contributed by atoms with E-state index in [1.165, 1.54) is 6.08 Å². The summed E-state index contributed by atoms with van der Waals surface area (Å²) in [7, 11) is 0. The van der Waals surface area contributed by atoms with Crippen LogP contribution in [-0.4, -0.2) is 5.78 Å². The summed E-state index contributed by atoms with van der Waals surface area (Å²) in [6, 6.07) is 1.91. The summed E-state index contributed by atoms with van der Waals surface area (Å²) in [4.78, 5) is 11.4. The molecule has 0 N–H and O–H groups in total. The SMILES string of the molecule is C/C(=C/C#N)CC(=O)C(C)(C)C. The Morgan fingerprint density at radius 3 is 2.33 bits per heavy atom. The number of hydrogen-bond acceptors (Lipinski definition) is 2. The fourth-order valence-corrected chi connectivity index (χ4v) is 0.680. The normalized spacial score (nSPS) is 12.4. The van der Waals surface area contributed by atoms with Crippen LogP contribution in [0.3, 0.4) is 0 Å². The van der Waals surface area contributed by atoms with Crippen LogP contribution in [0.5, 0.6) is 0 Å². The van der Waals surface area contributed by atoms with Crippen LogP contribution in [0.2, 0.25) is 0 Å². The van der Waals surface area contributed by atoms with Crippen molar-refractivity contribution in [2.75, 3.05) is 0 Å². The average Bonchev–Trinajstić information content (AvgIpc) is 1.85. The fraction of sp³-hybridized carbons (Fsp3) is 0.600. The second kappa shape index (κ2) is 4.06. The summed E-state index contributed by atoms with van der Waals surface area (Å²) in [6.45, 7) is 7.45. The van der Waals surface area contributed by atoms with Crippen molar-refractivity contribution in [1.29, 1.82) is 5.26 Å². The molecule has 0 heterocycles. The Morgan fingerprint density at radius 2 is 2.00 bits per heavy atom. The van der Waals surface area contributed by atoms with E-state index < -0.39 is 0 Å². The number of nitrogens with zero attached hydrogens (tertiary/aromatic N) is 1. The summed E-state index contributed by atoms with van der Waals surface area (Å²) in [6.07, 6.45) is 1.81. The first-order valence-corrected chi connectivity index (χ1v) is 3.96. The van der Waals surface area contributed by atoms with Gasteiger partial charge < -0.3 is 0 Å². The minimum absolute atomic E-state index is 0.173. The number of nitriles is 1. The van der Waals surface area contributed by atoms with Crippen molar-refractivity contribution in [2.24, 2.45) is 5.41 Å². The van der Waals surface area contributed by atoms with Gasteiger partial charge in [-0.1, -0.05) is 26.3 Å². The number of rotatable bonds is 2. The third kappa shape index (κ3) is 3.92. The third-order valence-electron chi connectivity index (χ3n) is 1.59. The van der Waals surface area contributed by atoms with Gasteiger partial charge in [0.1, 0.15) is 5.78 Å². The Labute approximate surface area is 73.9 Å². The highest BCUT2D eigenvalue weighted by Gasteiger charge is 2.20. The van der Waals surface area contributed by atoms with Crippen molar-refractivity contribution in [2.45, 2.75) is 34.1 Å². The molecule has 0 atom stereocenters. The quantitative estimate of drug-likeness (QED) is 0.590. The molecular formula is C10H15NO. The molecular weight excluding hydrogens is 150 g/mol. The van der Waals surface area contributed by atoms with E-state index in [2.05, 4.69) is 0 Å². The lowest BCUT2D eigenvalue weighted by molar-refractivity contribution is -0.125. The summed E-state index contributed by atoms with van der Waals surface area (Å²) < 4.78 is 0. The minimum atomic E-state index is -0.301. The molecule has 0 aliphatic heterocycles. The molecule has 0 aromatic heterocycles. The molecule has 0 aliphatic carbocycles. The largest absolute Gasteiger partial charge is 0.299 e. The lowest BCUT2D eigenvalue weighted by Crippen LogP contribution is -2.19. The van der Waals surface area contributed by atoms with E-state index in [1.54, 1.807) is 6.92 Å². The molecule has 0 aromatic rings. The van der Waals surface area contributed by atoms with Gasteiger partial charge in [0.25, 0.3) is 0 Å². The third-order valence-corrected chi connectivity index (χ3v) is 1.59. The number of Topliss-reactive ketones (excluding diaryl/α,β-unsaturated/α-hetero) is 1. The highest BCUT2D eigenvalue weighted by molar-refractivity contribution is 5.85. The maximum Gasteiger partial charge on any atom is 0.142 e. The van der Waals surface area contributed by atoms with Crippen LogP contribution in [0.1, 0.15) is 34.1 Å². The van der Waals surface area contributed by atoms with E-state index in [-0.39, 0.29) is 11.2 Å². The van der Waals surface area contributed by atoms with Gasteiger partial charge >= 0.3 is 0 Å². The molecule has 0 aromatic carbocycles. The van der Waals surface area contributed by atoms with Crippen LogP contribution in [0.25, 0.3) is 0 Å². The van der Waals surface area contributed by atoms with Crippen LogP contribution < -0.4 is 0 Å². The number of allylic oxidation sites excluding steroid dienone is 2. The maximum absolute atomic E-state index is 11.4. The molecule has 66 valence electrons. The van der Waals surface area contributed by atoms with E-state index in [1.807, 2.05) is 26.8 Å². The number of ketones is 1. The smallest absolute Gasteiger partial charge is 0.142 e. The van der Waals surface area contributed by atoms with E-state index in [9.17, 15) is 4.79 Å². The molecule has 0 radical (unpaired) electrons. The number of carbonyl (C=O) groups excluding carboxylic acids is 1. The van der Waals surface area contributed by atoms with Gasteiger partial charge in [0.05, 0.1) is 6.07 Å². The Balaban J connectivity index is 4.23. The van der Waals surface area contributed by atoms with Crippen molar-refractivity contribution in [3.63, 3.8) is 0 Å². The van der Waals surface area contributed by atoms with Gasteiger partial charge in [-0.15, -0.1) is 0 Å². The zero-order valence-electron chi connectivity index (χ0n) is 8.14. The highest BCUT2D eigenvalue weighted by Crippen LogP contribution is 2.19. The Hall–Kier alpha value is -1.10. The molecule has 0 unspecified atom stereocenters. The van der Waals surface area contributed by atoms with Crippen molar-refractivity contribution < 1.29 is 4.79 Å². The Morgan fingerprint density at radius 1 is 1.50 bits per heavy atom. The van der Waals surface area contributed by atoms with Crippen molar-refractivity contribution in [3.8, 4) is 6.07 Å². The van der Waals surface area contributed by atoms with Crippen molar-refractivity contribution >= 4 is 5.78 Å². The minimum Gasteiger partial charge on any atom is -0.299 e. The monoisotopic (exact) mass is 165 g/mol. The van der Waals surface area contributed by atoms with Crippen LogP contribution in [0.15, 0.2) is 11.6 Å². The first-order chi connectivity index (χ1) is 5.38. The average molecular weight is 165 g/mol. The molecule has 2 nitrogen and oxygen atoms in total. The molecule has 0 rings (SSSR count). The number of hydrogen-bond donors (Lipinski definition) is 0. The lowest BCUT2D eigenvalue weighted by atomic mass is 9.87. The van der Waals surface area contributed by atoms with Crippen LogP contribution >= 0.6 is 0 Å². The van der Waals surface area contributed by atoms with Crippen LogP contribution in [0, 0.1) is 16.7 Å². The van der Waals surface area contributed by atoms with E-state index >= 15 is 0 Å². The van der Waals surface area contributed by atoms with Gasteiger partial charge in [-0.2, -0.15) is 5.26 Å². The van der Waals surface area contributed by atoms with Gasteiger partial charge in [-0.25, -0.2) is 0 Å². The summed E-state index contributed by atoms with van der Waals surface area (Å²) >= 11 is 0. The molecule has 12 heavy (non-hydrogen) atoms. The molecule has 0 saturated heterocycles. The Kier molecular flexibility index (Phi) is 3.69. The lowest BCUT2D eigenvalue weighted by Gasteiger charge is -2.16. The highest BCUT2D eigenvalue weighted by atomic mass is 16.1. The molecule has 2 heteroatoms. The summed E-state index contributed by atoms with van der Waals surface area (Å²) in [5.74, 6) is 0.173. The van der Waals surface area contributed by atoms with E-state index in [4.69, 9.17) is 5.26 Å². The zero-order valence-corrected chi connectivity index (χ0v) is 8.14. The molecule has 0 spiro atoms. The Bertz CT molecular complexity index is 238. The zero-order chi connectivity index (χ0) is 9.78. The molecule has 0 amide bonds. The topological polar surface area (TPSA) is 40.9 Å². The first-order valence-electron chi connectivity index (χ1n) is 3.96. The number of carbonyl (C=O) groups is 1. The maximum atomic E-state index is 11.4. The standard InChI is InChI=1S/C10H15NO/c1-8(5-6-11)7-9(12)10(2,3)4/h5H,7H2,1-4H3/b8-5-. The summed E-state index contributed by atoms with van der Waals surface area (Å²) in [5, 5.41) is 8.31. The second-order valence-corrected chi connectivity index (χ2v) is 3.97. The van der Waals surface area contributed by atoms with Crippen LogP contribution in [0.4, 0.5) is 0 Å². The molecule has 0 bridgehead atoms. The summed E-state index contributed by atoms with van der Waals surface area (Å²) in [5.41, 5.74) is 0.530. The molecule has 0 aliphatic rings. The van der Waals surface area contributed by atoms with Crippen LogP contribution in [-0.2, 0) is 4.79 Å². The second-order valence-electron chi connectivity index (χ2n) is 3.97. The van der Waals surface area contributed by atoms with E-state index in [0.717, 1.165) is 5.57 Å². The van der Waals surface area contributed by atoms with Gasteiger partial charge in [-0.05, 0) is 6.92 Å². The molecule has 0 fully saturated rings.